The van der Waals surface area contributed by atoms with E-state index in [1.54, 1.807) is 12.1 Å². The quantitative estimate of drug-likeness (QED) is 0.739. The average molecular weight is 324 g/mol. The van der Waals surface area contributed by atoms with E-state index in [0.717, 1.165) is 11.3 Å². The summed E-state index contributed by atoms with van der Waals surface area (Å²) in [5.41, 5.74) is 0.276. The summed E-state index contributed by atoms with van der Waals surface area (Å²) in [6.07, 6.45) is -4.56. The van der Waals surface area contributed by atoms with Crippen LogP contribution in [0.5, 0.6) is 0 Å². The highest BCUT2D eigenvalue weighted by Crippen LogP contribution is 2.47. The van der Waals surface area contributed by atoms with Gasteiger partial charge in [0.2, 0.25) is 0 Å². The van der Waals surface area contributed by atoms with E-state index in [0.29, 0.717) is 11.6 Å². The zero-order valence-electron chi connectivity index (χ0n) is 13.7. The molecule has 0 saturated carbocycles. The molecule has 6 heteroatoms. The van der Waals surface area contributed by atoms with Gasteiger partial charge in [-0.05, 0) is 24.6 Å². The highest BCUT2D eigenvalue weighted by molar-refractivity contribution is 5.89. The zero-order valence-corrected chi connectivity index (χ0v) is 13.7. The van der Waals surface area contributed by atoms with E-state index < -0.39 is 17.3 Å². The molecule has 1 aromatic carbocycles. The van der Waals surface area contributed by atoms with Crippen molar-refractivity contribution in [3.05, 3.63) is 39.7 Å². The standard InChI is InChI=1S/C17H19F3N2O/c1-9-16(2,3)12-6-10-11(17(18,19)20)7-15(23)22(5)13(10)8-14(12)21(9)4/h6-9H,1-5H3/t9-/m0/s1. The monoisotopic (exact) mass is 324 g/mol. The van der Waals surface area contributed by atoms with Crippen molar-refractivity contribution in [3.8, 4) is 0 Å². The fourth-order valence-corrected chi connectivity index (χ4v) is 3.45. The Balaban J connectivity index is 2.47. The van der Waals surface area contributed by atoms with Gasteiger partial charge in [-0.1, -0.05) is 13.8 Å². The van der Waals surface area contributed by atoms with Crippen LogP contribution in [0.4, 0.5) is 18.9 Å². The Morgan fingerprint density at radius 2 is 1.74 bits per heavy atom. The van der Waals surface area contributed by atoms with Crippen molar-refractivity contribution in [2.45, 2.75) is 38.4 Å². The summed E-state index contributed by atoms with van der Waals surface area (Å²) >= 11 is 0. The normalized spacial score (nSPS) is 20.2. The van der Waals surface area contributed by atoms with Crippen LogP contribution in [0.1, 0.15) is 31.9 Å². The summed E-state index contributed by atoms with van der Waals surface area (Å²) in [6, 6.07) is 4.14. The maximum absolute atomic E-state index is 13.4. The number of aryl methyl sites for hydroxylation is 1. The van der Waals surface area contributed by atoms with Crippen LogP contribution >= 0.6 is 0 Å². The molecule has 1 atom stereocenters. The summed E-state index contributed by atoms with van der Waals surface area (Å²) in [5.74, 6) is 0. The lowest BCUT2D eigenvalue weighted by Crippen LogP contribution is -2.36. The maximum atomic E-state index is 13.4. The highest BCUT2D eigenvalue weighted by Gasteiger charge is 2.42. The number of anilines is 1. The number of fused-ring (bicyclic) bond motifs is 2. The van der Waals surface area contributed by atoms with Crippen molar-refractivity contribution < 1.29 is 13.2 Å². The second kappa shape index (κ2) is 4.52. The van der Waals surface area contributed by atoms with E-state index in [9.17, 15) is 18.0 Å². The molecule has 23 heavy (non-hydrogen) atoms. The second-order valence-electron chi connectivity index (χ2n) is 6.85. The van der Waals surface area contributed by atoms with Crippen LogP contribution in [0.15, 0.2) is 23.0 Å². The molecular weight excluding hydrogens is 305 g/mol. The Hall–Kier alpha value is -1.98. The number of nitrogens with zero attached hydrogens (tertiary/aromatic N) is 2. The van der Waals surface area contributed by atoms with Gasteiger partial charge in [0.05, 0.1) is 11.1 Å². The third kappa shape index (κ3) is 2.07. The number of pyridine rings is 1. The van der Waals surface area contributed by atoms with Gasteiger partial charge in [0.15, 0.2) is 0 Å². The number of alkyl halides is 3. The Bertz CT molecular complexity index is 865. The zero-order chi connectivity index (χ0) is 17.3. The number of aromatic nitrogens is 1. The lowest BCUT2D eigenvalue weighted by molar-refractivity contribution is -0.136. The molecule has 124 valence electrons. The summed E-state index contributed by atoms with van der Waals surface area (Å²) in [6.45, 7) is 6.11. The lowest BCUT2D eigenvalue weighted by Gasteiger charge is -2.28. The van der Waals surface area contributed by atoms with Gasteiger partial charge in [-0.3, -0.25) is 4.79 Å². The highest BCUT2D eigenvalue weighted by atomic mass is 19.4. The van der Waals surface area contributed by atoms with Crippen LogP contribution in [0.2, 0.25) is 0 Å². The van der Waals surface area contributed by atoms with E-state index >= 15 is 0 Å². The minimum Gasteiger partial charge on any atom is -0.371 e. The molecule has 0 saturated heterocycles. The first-order valence-corrected chi connectivity index (χ1v) is 7.44. The fourth-order valence-electron chi connectivity index (χ4n) is 3.45. The minimum atomic E-state index is -4.56. The topological polar surface area (TPSA) is 25.2 Å². The van der Waals surface area contributed by atoms with Crippen LogP contribution in [-0.2, 0) is 18.6 Å². The number of halogens is 3. The molecule has 1 aliphatic heterocycles. The van der Waals surface area contributed by atoms with E-state index in [4.69, 9.17) is 0 Å². The summed E-state index contributed by atoms with van der Waals surface area (Å²) in [5, 5.41) is 0.0777. The molecule has 0 fully saturated rings. The van der Waals surface area contributed by atoms with Crippen LogP contribution in [0.3, 0.4) is 0 Å². The predicted molar refractivity (Wildman–Crippen MR) is 85.1 cm³/mol. The number of likely N-dealkylation sites (N-methyl/N-ethyl adjacent to an activating group) is 1. The van der Waals surface area contributed by atoms with Crippen molar-refractivity contribution in [3.63, 3.8) is 0 Å². The number of benzene rings is 1. The summed E-state index contributed by atoms with van der Waals surface area (Å²) < 4.78 is 41.4. The maximum Gasteiger partial charge on any atom is 0.417 e. The number of rotatable bonds is 0. The van der Waals surface area contributed by atoms with Gasteiger partial charge in [0, 0.05) is 42.7 Å². The van der Waals surface area contributed by atoms with Crippen LogP contribution in [0, 0.1) is 0 Å². The second-order valence-corrected chi connectivity index (χ2v) is 6.85. The summed E-state index contributed by atoms with van der Waals surface area (Å²) in [7, 11) is 3.43. The van der Waals surface area contributed by atoms with Crippen molar-refractivity contribution in [1.29, 1.82) is 0 Å². The molecule has 1 aliphatic rings. The Morgan fingerprint density at radius 1 is 1.13 bits per heavy atom. The predicted octanol–water partition coefficient (Wildman–Crippen LogP) is 3.67. The minimum absolute atomic E-state index is 0.0777. The Morgan fingerprint density at radius 3 is 2.30 bits per heavy atom. The lowest BCUT2D eigenvalue weighted by atomic mass is 9.80. The first-order valence-electron chi connectivity index (χ1n) is 7.44. The first kappa shape index (κ1) is 15.9. The van der Waals surface area contributed by atoms with E-state index in [1.807, 2.05) is 27.8 Å². The van der Waals surface area contributed by atoms with Gasteiger partial charge in [-0.15, -0.1) is 0 Å². The van der Waals surface area contributed by atoms with Crippen LogP contribution < -0.4 is 10.5 Å². The van der Waals surface area contributed by atoms with Crippen molar-refractivity contribution in [2.75, 3.05) is 11.9 Å². The molecule has 2 aromatic rings. The molecule has 2 heterocycles. The van der Waals surface area contributed by atoms with Gasteiger partial charge in [0.1, 0.15) is 0 Å². The molecule has 0 bridgehead atoms. The fraction of sp³-hybridized carbons (Fsp3) is 0.471. The summed E-state index contributed by atoms with van der Waals surface area (Å²) in [4.78, 5) is 14.0. The van der Waals surface area contributed by atoms with Gasteiger partial charge in [0.25, 0.3) is 5.56 Å². The molecule has 0 amide bonds. The molecule has 1 aromatic heterocycles. The Labute approximate surface area is 132 Å². The van der Waals surface area contributed by atoms with E-state index in [-0.39, 0.29) is 16.8 Å². The SMILES string of the molecule is C[C@@H]1N(C)c2cc3c(cc2C1(C)C)c(C(F)(F)F)cc(=O)n3C. The molecular formula is C17H19F3N2O. The van der Waals surface area contributed by atoms with E-state index in [2.05, 4.69) is 4.90 Å². The molecule has 3 nitrogen and oxygen atoms in total. The number of hydrogen-bond acceptors (Lipinski definition) is 2. The van der Waals surface area contributed by atoms with Crippen molar-refractivity contribution in [2.24, 2.45) is 7.05 Å². The van der Waals surface area contributed by atoms with Gasteiger partial charge >= 0.3 is 6.18 Å². The first-order chi connectivity index (χ1) is 10.5. The smallest absolute Gasteiger partial charge is 0.371 e. The number of hydrogen-bond donors (Lipinski definition) is 0. The molecule has 3 rings (SSSR count). The molecule has 0 aliphatic carbocycles. The van der Waals surface area contributed by atoms with Crippen LogP contribution in [0.25, 0.3) is 10.9 Å². The third-order valence-electron chi connectivity index (χ3n) is 5.37. The van der Waals surface area contributed by atoms with Gasteiger partial charge in [-0.2, -0.15) is 13.2 Å². The van der Waals surface area contributed by atoms with Crippen molar-refractivity contribution in [1.82, 2.24) is 4.57 Å². The van der Waals surface area contributed by atoms with Crippen LogP contribution in [-0.4, -0.2) is 17.7 Å². The largest absolute Gasteiger partial charge is 0.417 e. The molecule has 0 spiro atoms. The Kier molecular flexibility index (Phi) is 3.13. The molecule has 0 radical (unpaired) electrons. The van der Waals surface area contributed by atoms with E-state index in [1.165, 1.54) is 11.6 Å². The average Bonchev–Trinajstić information content (AvgIpc) is 2.62. The van der Waals surface area contributed by atoms with Gasteiger partial charge < -0.3 is 9.47 Å². The molecule has 0 unspecified atom stereocenters. The van der Waals surface area contributed by atoms with Crippen molar-refractivity contribution >= 4 is 16.6 Å². The third-order valence-corrected chi connectivity index (χ3v) is 5.37. The van der Waals surface area contributed by atoms with Gasteiger partial charge in [-0.25, -0.2) is 0 Å². The molecule has 0 N–H and O–H groups in total.